The van der Waals surface area contributed by atoms with E-state index in [1.54, 1.807) is 0 Å². The monoisotopic (exact) mass is 325 g/mol. The first-order chi connectivity index (χ1) is 11.6. The Labute approximate surface area is 144 Å². The van der Waals surface area contributed by atoms with Crippen LogP contribution in [0.1, 0.15) is 68.1 Å². The average Bonchev–Trinajstić information content (AvgIpc) is 2.53. The summed E-state index contributed by atoms with van der Waals surface area (Å²) in [6.45, 7) is 0. The van der Waals surface area contributed by atoms with Crippen molar-refractivity contribution in [1.29, 1.82) is 0 Å². The van der Waals surface area contributed by atoms with Crippen LogP contribution in [0.5, 0.6) is 0 Å². The molecule has 1 aromatic carbocycles. The van der Waals surface area contributed by atoms with E-state index in [1.165, 1.54) is 38.5 Å². The number of carbonyl (C=O) groups is 2. The third kappa shape index (κ3) is 3.26. The van der Waals surface area contributed by atoms with Crippen LogP contribution in [0.3, 0.4) is 0 Å². The molecule has 1 amide bonds. The molecule has 24 heavy (non-hydrogen) atoms. The summed E-state index contributed by atoms with van der Waals surface area (Å²) in [7, 11) is 0. The van der Waals surface area contributed by atoms with E-state index in [9.17, 15) is 9.59 Å². The van der Waals surface area contributed by atoms with Gasteiger partial charge in [-0.3, -0.25) is 9.59 Å². The number of amides is 1. The molecule has 4 aliphatic carbocycles. The van der Waals surface area contributed by atoms with Crippen molar-refractivity contribution in [1.82, 2.24) is 5.32 Å². The Morgan fingerprint density at radius 2 is 1.50 bits per heavy atom. The van der Waals surface area contributed by atoms with Crippen LogP contribution >= 0.6 is 0 Å². The highest BCUT2D eigenvalue weighted by molar-refractivity contribution is 5.96. The molecule has 3 heteroatoms. The Bertz CT molecular complexity index is 587. The maximum atomic E-state index is 12.4. The molecule has 0 radical (unpaired) electrons. The third-order valence-electron chi connectivity index (χ3n) is 6.35. The normalized spacial score (nSPS) is 33.4. The Balaban J connectivity index is 1.26. The fraction of sp³-hybridized carbons (Fsp3) is 0.619. The second kappa shape index (κ2) is 6.34. The lowest BCUT2D eigenvalue weighted by Gasteiger charge is -2.56. The molecule has 4 bridgehead atoms. The Morgan fingerprint density at radius 3 is 2.08 bits per heavy atom. The smallest absolute Gasteiger partial charge is 0.220 e. The quantitative estimate of drug-likeness (QED) is 0.800. The second-order valence-electron chi connectivity index (χ2n) is 8.39. The molecule has 128 valence electrons. The lowest BCUT2D eigenvalue weighted by Crippen LogP contribution is -2.59. The number of carbonyl (C=O) groups excluding carboxylic acids is 2. The highest BCUT2D eigenvalue weighted by Crippen LogP contribution is 2.55. The lowest BCUT2D eigenvalue weighted by atomic mass is 9.53. The van der Waals surface area contributed by atoms with Gasteiger partial charge in [-0.2, -0.15) is 0 Å². The average molecular weight is 325 g/mol. The van der Waals surface area contributed by atoms with E-state index in [2.05, 4.69) is 5.32 Å². The van der Waals surface area contributed by atoms with Crippen LogP contribution in [0.15, 0.2) is 30.3 Å². The van der Waals surface area contributed by atoms with E-state index in [0.29, 0.717) is 19.3 Å². The van der Waals surface area contributed by atoms with E-state index < -0.39 is 0 Å². The van der Waals surface area contributed by atoms with Gasteiger partial charge in [0.05, 0.1) is 0 Å². The van der Waals surface area contributed by atoms with Crippen molar-refractivity contribution in [2.24, 2.45) is 17.8 Å². The topological polar surface area (TPSA) is 46.2 Å². The van der Waals surface area contributed by atoms with Gasteiger partial charge in [-0.15, -0.1) is 0 Å². The van der Waals surface area contributed by atoms with Gasteiger partial charge in [0.2, 0.25) is 5.91 Å². The van der Waals surface area contributed by atoms with E-state index in [-0.39, 0.29) is 17.2 Å². The minimum absolute atomic E-state index is 0.0925. The zero-order chi connectivity index (χ0) is 16.6. The van der Waals surface area contributed by atoms with E-state index in [4.69, 9.17) is 0 Å². The first-order valence-electron chi connectivity index (χ1n) is 9.51. The number of hydrogen-bond donors (Lipinski definition) is 1. The van der Waals surface area contributed by atoms with E-state index >= 15 is 0 Å². The van der Waals surface area contributed by atoms with Gasteiger partial charge in [0.25, 0.3) is 0 Å². The largest absolute Gasteiger partial charge is 0.351 e. The molecular weight excluding hydrogens is 298 g/mol. The predicted molar refractivity (Wildman–Crippen MR) is 93.7 cm³/mol. The van der Waals surface area contributed by atoms with Crippen LogP contribution in [0.25, 0.3) is 0 Å². The van der Waals surface area contributed by atoms with Crippen molar-refractivity contribution in [2.75, 3.05) is 0 Å². The highest BCUT2D eigenvalue weighted by atomic mass is 16.1. The van der Waals surface area contributed by atoms with Gasteiger partial charge in [-0.1, -0.05) is 30.3 Å². The molecule has 0 saturated heterocycles. The van der Waals surface area contributed by atoms with E-state index in [1.807, 2.05) is 30.3 Å². The van der Waals surface area contributed by atoms with Crippen LogP contribution in [-0.2, 0) is 4.79 Å². The molecule has 4 saturated carbocycles. The molecule has 4 fully saturated rings. The third-order valence-corrected chi connectivity index (χ3v) is 6.35. The van der Waals surface area contributed by atoms with Crippen molar-refractivity contribution in [3.8, 4) is 0 Å². The maximum absolute atomic E-state index is 12.4. The van der Waals surface area contributed by atoms with Gasteiger partial charge in [0.15, 0.2) is 5.78 Å². The van der Waals surface area contributed by atoms with Gasteiger partial charge < -0.3 is 5.32 Å². The van der Waals surface area contributed by atoms with Gasteiger partial charge in [-0.25, -0.2) is 0 Å². The first-order valence-corrected chi connectivity index (χ1v) is 9.51. The molecule has 0 atom stereocenters. The molecular formula is C21H27NO2. The van der Waals surface area contributed by atoms with Crippen molar-refractivity contribution in [3.63, 3.8) is 0 Å². The number of hydrogen-bond acceptors (Lipinski definition) is 2. The Hall–Kier alpha value is -1.64. The van der Waals surface area contributed by atoms with Crippen LogP contribution in [-0.4, -0.2) is 17.2 Å². The lowest BCUT2D eigenvalue weighted by molar-refractivity contribution is -0.126. The Morgan fingerprint density at radius 1 is 0.917 bits per heavy atom. The SMILES string of the molecule is O=C(CCCC(=O)c1ccccc1)NC12CC3CC(CC(C3)C1)C2. The molecule has 0 aliphatic heterocycles. The maximum Gasteiger partial charge on any atom is 0.220 e. The van der Waals surface area contributed by atoms with E-state index in [0.717, 1.165) is 23.3 Å². The summed E-state index contributed by atoms with van der Waals surface area (Å²) in [6, 6.07) is 9.37. The number of nitrogens with one attached hydrogen (secondary N) is 1. The molecule has 1 aromatic rings. The second-order valence-corrected chi connectivity index (χ2v) is 8.39. The number of ketones is 1. The summed E-state index contributed by atoms with van der Waals surface area (Å²) >= 11 is 0. The summed E-state index contributed by atoms with van der Waals surface area (Å²) < 4.78 is 0. The van der Waals surface area contributed by atoms with Crippen LogP contribution in [0.4, 0.5) is 0 Å². The zero-order valence-electron chi connectivity index (χ0n) is 14.3. The van der Waals surface area contributed by atoms with Crippen molar-refractivity contribution >= 4 is 11.7 Å². The van der Waals surface area contributed by atoms with Crippen LogP contribution < -0.4 is 5.32 Å². The van der Waals surface area contributed by atoms with Crippen molar-refractivity contribution in [3.05, 3.63) is 35.9 Å². The van der Waals surface area contributed by atoms with Gasteiger partial charge in [0.1, 0.15) is 0 Å². The fourth-order valence-corrected chi connectivity index (χ4v) is 5.80. The molecule has 0 aromatic heterocycles. The molecule has 5 rings (SSSR count). The summed E-state index contributed by atoms with van der Waals surface area (Å²) in [5.74, 6) is 2.82. The first kappa shape index (κ1) is 15.9. The number of Topliss-reactive ketones (excluding diaryl/α,β-unsaturated/α-hetero) is 1. The van der Waals surface area contributed by atoms with Crippen LogP contribution in [0, 0.1) is 17.8 Å². The summed E-state index contributed by atoms with van der Waals surface area (Å²) in [5.41, 5.74) is 0.842. The minimum atomic E-state index is 0.0925. The summed E-state index contributed by atoms with van der Waals surface area (Å²) in [4.78, 5) is 24.5. The summed E-state index contributed by atoms with van der Waals surface area (Å²) in [6.07, 6.45) is 9.31. The molecule has 1 N–H and O–H groups in total. The zero-order valence-corrected chi connectivity index (χ0v) is 14.3. The molecule has 0 spiro atoms. The van der Waals surface area contributed by atoms with Gasteiger partial charge >= 0.3 is 0 Å². The van der Waals surface area contributed by atoms with Crippen LogP contribution in [0.2, 0.25) is 0 Å². The fourth-order valence-electron chi connectivity index (χ4n) is 5.80. The summed E-state index contributed by atoms with van der Waals surface area (Å²) in [5, 5.41) is 3.39. The number of benzene rings is 1. The molecule has 4 aliphatic rings. The van der Waals surface area contributed by atoms with Gasteiger partial charge in [-0.05, 0) is 62.7 Å². The Kier molecular flexibility index (Phi) is 4.19. The molecule has 3 nitrogen and oxygen atoms in total. The predicted octanol–water partition coefficient (Wildman–Crippen LogP) is 4.12. The standard InChI is InChI=1S/C21H27NO2/c23-19(18-5-2-1-3-6-18)7-4-8-20(24)22-21-12-15-9-16(13-21)11-17(10-15)14-21/h1-3,5-6,15-17H,4,7-14H2,(H,22,24). The number of rotatable bonds is 6. The van der Waals surface area contributed by atoms with Gasteiger partial charge in [0, 0.05) is 23.9 Å². The molecule has 0 unspecified atom stereocenters. The highest BCUT2D eigenvalue weighted by Gasteiger charge is 2.51. The molecule has 0 heterocycles. The van der Waals surface area contributed by atoms with Crippen molar-refractivity contribution in [2.45, 2.75) is 63.3 Å². The van der Waals surface area contributed by atoms with Crippen molar-refractivity contribution < 1.29 is 9.59 Å². The minimum Gasteiger partial charge on any atom is -0.351 e.